The fraction of sp³-hybridized carbons (Fsp3) is 0.500. The van der Waals surface area contributed by atoms with Crippen LogP contribution in [0, 0.1) is 11.8 Å². The van der Waals surface area contributed by atoms with Crippen LogP contribution in [-0.4, -0.2) is 33.7 Å². The first kappa shape index (κ1) is 10.4. The molecule has 0 bridgehead atoms. The van der Waals surface area contributed by atoms with Gasteiger partial charge in [-0.3, -0.25) is 4.40 Å². The van der Waals surface area contributed by atoms with Gasteiger partial charge < -0.3 is 10.0 Å². The van der Waals surface area contributed by atoms with E-state index in [0.717, 1.165) is 25.2 Å². The fourth-order valence-corrected chi connectivity index (χ4v) is 3.61. The van der Waals surface area contributed by atoms with Gasteiger partial charge in [-0.15, -0.1) is 0 Å². The SMILES string of the molecule is OC1CCC2CN(c3cccc4nccn34)CC12. The van der Waals surface area contributed by atoms with Crippen molar-refractivity contribution in [3.05, 3.63) is 30.6 Å². The third-order valence-corrected chi connectivity index (χ3v) is 4.55. The van der Waals surface area contributed by atoms with Crippen molar-refractivity contribution in [2.45, 2.75) is 18.9 Å². The summed E-state index contributed by atoms with van der Waals surface area (Å²) in [6, 6.07) is 6.22. The molecule has 4 rings (SSSR count). The first-order valence-electron chi connectivity index (χ1n) is 6.68. The van der Waals surface area contributed by atoms with Gasteiger partial charge in [0, 0.05) is 31.4 Å². The minimum absolute atomic E-state index is 0.0954. The van der Waals surface area contributed by atoms with Crippen LogP contribution < -0.4 is 4.90 Å². The molecule has 3 unspecified atom stereocenters. The van der Waals surface area contributed by atoms with Crippen LogP contribution in [0.1, 0.15) is 12.8 Å². The van der Waals surface area contributed by atoms with Crippen LogP contribution in [0.4, 0.5) is 5.82 Å². The van der Waals surface area contributed by atoms with Crippen molar-refractivity contribution in [1.29, 1.82) is 0 Å². The molecule has 3 heterocycles. The molecule has 1 saturated heterocycles. The molecule has 94 valence electrons. The fourth-order valence-electron chi connectivity index (χ4n) is 3.61. The molecule has 2 aromatic rings. The van der Waals surface area contributed by atoms with E-state index in [-0.39, 0.29) is 6.10 Å². The van der Waals surface area contributed by atoms with Gasteiger partial charge in [0.2, 0.25) is 0 Å². The zero-order valence-electron chi connectivity index (χ0n) is 10.2. The first-order chi connectivity index (χ1) is 8.83. The maximum Gasteiger partial charge on any atom is 0.138 e. The third-order valence-electron chi connectivity index (χ3n) is 4.55. The van der Waals surface area contributed by atoms with E-state index < -0.39 is 0 Å². The lowest BCUT2D eigenvalue weighted by atomic mass is 10.00. The number of anilines is 1. The molecule has 1 aliphatic carbocycles. The van der Waals surface area contributed by atoms with E-state index in [4.69, 9.17) is 0 Å². The van der Waals surface area contributed by atoms with Crippen LogP contribution in [-0.2, 0) is 0 Å². The molecule has 18 heavy (non-hydrogen) atoms. The van der Waals surface area contributed by atoms with E-state index in [0.29, 0.717) is 11.8 Å². The maximum atomic E-state index is 9.99. The Balaban J connectivity index is 1.70. The highest BCUT2D eigenvalue weighted by molar-refractivity contribution is 5.52. The molecule has 0 radical (unpaired) electrons. The van der Waals surface area contributed by atoms with Crippen LogP contribution in [0.25, 0.3) is 5.65 Å². The zero-order valence-corrected chi connectivity index (χ0v) is 10.2. The summed E-state index contributed by atoms with van der Waals surface area (Å²) >= 11 is 0. The molecule has 0 amide bonds. The van der Waals surface area contributed by atoms with Crippen molar-refractivity contribution in [2.75, 3.05) is 18.0 Å². The van der Waals surface area contributed by atoms with Crippen molar-refractivity contribution >= 4 is 11.5 Å². The molecular formula is C14H17N3O. The van der Waals surface area contributed by atoms with Gasteiger partial charge in [-0.05, 0) is 30.9 Å². The molecule has 2 aliphatic rings. The van der Waals surface area contributed by atoms with Gasteiger partial charge in [0.15, 0.2) is 0 Å². The molecule has 0 aromatic carbocycles. The molecule has 4 nitrogen and oxygen atoms in total. The van der Waals surface area contributed by atoms with Gasteiger partial charge in [-0.1, -0.05) is 6.07 Å². The number of fused-ring (bicyclic) bond motifs is 2. The number of hydrogen-bond donors (Lipinski definition) is 1. The Morgan fingerprint density at radius 1 is 1.22 bits per heavy atom. The Morgan fingerprint density at radius 2 is 2.17 bits per heavy atom. The number of aromatic nitrogens is 2. The normalized spacial score (nSPS) is 31.2. The topological polar surface area (TPSA) is 40.8 Å². The predicted molar refractivity (Wildman–Crippen MR) is 69.6 cm³/mol. The monoisotopic (exact) mass is 243 g/mol. The molecule has 4 heteroatoms. The summed E-state index contributed by atoms with van der Waals surface area (Å²) in [5.74, 6) is 2.33. The molecule has 0 spiro atoms. The lowest BCUT2D eigenvalue weighted by Crippen LogP contribution is -2.25. The van der Waals surface area contributed by atoms with Crippen LogP contribution in [0.15, 0.2) is 30.6 Å². The predicted octanol–water partition coefficient (Wildman–Crippen LogP) is 1.54. The van der Waals surface area contributed by atoms with Crippen molar-refractivity contribution in [3.8, 4) is 0 Å². The Morgan fingerprint density at radius 3 is 3.06 bits per heavy atom. The summed E-state index contributed by atoms with van der Waals surface area (Å²) in [4.78, 5) is 6.72. The number of pyridine rings is 1. The van der Waals surface area contributed by atoms with E-state index in [1.165, 1.54) is 12.2 Å². The van der Waals surface area contributed by atoms with Gasteiger partial charge in [-0.25, -0.2) is 4.98 Å². The van der Waals surface area contributed by atoms with Crippen molar-refractivity contribution in [3.63, 3.8) is 0 Å². The number of imidazole rings is 1. The summed E-state index contributed by atoms with van der Waals surface area (Å²) in [5.41, 5.74) is 0.991. The number of rotatable bonds is 1. The third kappa shape index (κ3) is 1.38. The van der Waals surface area contributed by atoms with E-state index in [2.05, 4.69) is 26.4 Å². The summed E-state index contributed by atoms with van der Waals surface area (Å²) in [6.07, 6.45) is 5.91. The summed E-state index contributed by atoms with van der Waals surface area (Å²) in [7, 11) is 0. The smallest absolute Gasteiger partial charge is 0.138 e. The summed E-state index contributed by atoms with van der Waals surface area (Å²) in [6.45, 7) is 2.04. The maximum absolute atomic E-state index is 9.99. The highest BCUT2D eigenvalue weighted by atomic mass is 16.3. The van der Waals surface area contributed by atoms with Crippen LogP contribution in [0.3, 0.4) is 0 Å². The Bertz CT molecular complexity index is 579. The molecule has 2 aromatic heterocycles. The van der Waals surface area contributed by atoms with Crippen LogP contribution in [0.2, 0.25) is 0 Å². The highest BCUT2D eigenvalue weighted by Gasteiger charge is 2.42. The van der Waals surface area contributed by atoms with E-state index in [9.17, 15) is 5.11 Å². The molecule has 1 aliphatic heterocycles. The standard InChI is InChI=1S/C14H17N3O/c18-12-5-4-10-8-16(9-11(10)12)14-3-1-2-13-15-6-7-17(13)14/h1-3,6-7,10-12,18H,4-5,8-9H2. The number of nitrogens with zero attached hydrogens (tertiary/aromatic N) is 3. The number of aliphatic hydroxyl groups excluding tert-OH is 1. The second-order valence-electron chi connectivity index (χ2n) is 5.51. The lowest BCUT2D eigenvalue weighted by molar-refractivity contribution is 0.133. The minimum Gasteiger partial charge on any atom is -0.393 e. The van der Waals surface area contributed by atoms with Gasteiger partial charge in [0.05, 0.1) is 6.10 Å². The quantitative estimate of drug-likeness (QED) is 0.826. The van der Waals surface area contributed by atoms with Crippen LogP contribution >= 0.6 is 0 Å². The summed E-state index contributed by atoms with van der Waals surface area (Å²) in [5, 5.41) is 9.99. The van der Waals surface area contributed by atoms with Crippen molar-refractivity contribution < 1.29 is 5.11 Å². The summed E-state index contributed by atoms with van der Waals surface area (Å²) < 4.78 is 2.13. The molecule has 3 atom stereocenters. The minimum atomic E-state index is -0.0954. The van der Waals surface area contributed by atoms with Gasteiger partial charge in [0.1, 0.15) is 11.5 Å². The number of aliphatic hydroxyl groups is 1. The Labute approximate surface area is 106 Å². The van der Waals surface area contributed by atoms with Gasteiger partial charge in [0.25, 0.3) is 0 Å². The Kier molecular flexibility index (Phi) is 2.14. The van der Waals surface area contributed by atoms with Crippen molar-refractivity contribution in [1.82, 2.24) is 9.38 Å². The van der Waals surface area contributed by atoms with E-state index in [1.54, 1.807) is 0 Å². The molecule has 2 fully saturated rings. The van der Waals surface area contributed by atoms with E-state index in [1.807, 2.05) is 18.5 Å². The average molecular weight is 243 g/mol. The second-order valence-corrected chi connectivity index (χ2v) is 5.51. The highest BCUT2D eigenvalue weighted by Crippen LogP contribution is 2.39. The molecule has 1 N–H and O–H groups in total. The second kappa shape index (κ2) is 3.72. The first-order valence-corrected chi connectivity index (χ1v) is 6.68. The van der Waals surface area contributed by atoms with Gasteiger partial charge >= 0.3 is 0 Å². The zero-order chi connectivity index (χ0) is 12.1. The Hall–Kier alpha value is -1.55. The lowest BCUT2D eigenvalue weighted by Gasteiger charge is -2.21. The van der Waals surface area contributed by atoms with E-state index >= 15 is 0 Å². The van der Waals surface area contributed by atoms with Crippen LogP contribution in [0.5, 0.6) is 0 Å². The average Bonchev–Trinajstić information content (AvgIpc) is 3.06. The number of hydrogen-bond acceptors (Lipinski definition) is 3. The largest absolute Gasteiger partial charge is 0.393 e. The van der Waals surface area contributed by atoms with Crippen molar-refractivity contribution in [2.24, 2.45) is 11.8 Å². The molecular weight excluding hydrogens is 226 g/mol. The molecule has 1 saturated carbocycles. The van der Waals surface area contributed by atoms with Gasteiger partial charge in [-0.2, -0.15) is 0 Å².